The van der Waals surface area contributed by atoms with Gasteiger partial charge in [0.05, 0.1) is 25.5 Å². The Labute approximate surface area is 147 Å². The molecule has 0 atom stereocenters. The zero-order valence-corrected chi connectivity index (χ0v) is 14.8. The van der Waals surface area contributed by atoms with E-state index in [-0.39, 0.29) is 10.5 Å². The standard InChI is InChI=1S/C18H18N2O4S/c1-23-14-10-16-15(17(11-14)24-2)7-5-9-20(16)25(21,22)18-8-4-3-6-13(18)12-19/h3-4,6,8,10-11H,5,7,9H2,1-2H3. The fraction of sp³-hybridized carbons (Fsp3) is 0.278. The first-order valence-corrected chi connectivity index (χ1v) is 9.23. The number of rotatable bonds is 4. The molecule has 3 rings (SSSR count). The van der Waals surface area contributed by atoms with Crippen LogP contribution in [0.5, 0.6) is 11.5 Å². The number of hydrogen-bond donors (Lipinski definition) is 0. The van der Waals surface area contributed by atoms with E-state index in [0.717, 1.165) is 5.56 Å². The van der Waals surface area contributed by atoms with E-state index < -0.39 is 10.0 Å². The van der Waals surface area contributed by atoms with Gasteiger partial charge < -0.3 is 9.47 Å². The lowest BCUT2D eigenvalue weighted by Gasteiger charge is -2.32. The van der Waals surface area contributed by atoms with Gasteiger partial charge in [0, 0.05) is 24.2 Å². The van der Waals surface area contributed by atoms with Crippen LogP contribution in [0.3, 0.4) is 0 Å². The minimum atomic E-state index is -3.87. The number of fused-ring (bicyclic) bond motifs is 1. The molecule has 0 aromatic heterocycles. The van der Waals surface area contributed by atoms with Gasteiger partial charge in [-0.3, -0.25) is 4.31 Å². The van der Waals surface area contributed by atoms with E-state index in [1.165, 1.54) is 23.5 Å². The maximum Gasteiger partial charge on any atom is 0.265 e. The summed E-state index contributed by atoms with van der Waals surface area (Å²) < 4.78 is 38.5. The smallest absolute Gasteiger partial charge is 0.265 e. The van der Waals surface area contributed by atoms with Crippen molar-refractivity contribution in [3.8, 4) is 17.6 Å². The number of sulfonamides is 1. The predicted octanol–water partition coefficient (Wildman–Crippen LogP) is 2.72. The second kappa shape index (κ2) is 6.65. The second-order valence-corrected chi connectivity index (χ2v) is 7.45. The third-order valence-electron chi connectivity index (χ3n) is 4.25. The quantitative estimate of drug-likeness (QED) is 0.839. The molecule has 0 radical (unpaired) electrons. The number of methoxy groups -OCH3 is 2. The van der Waals surface area contributed by atoms with Crippen LogP contribution in [-0.4, -0.2) is 29.2 Å². The van der Waals surface area contributed by atoms with Gasteiger partial charge in [-0.1, -0.05) is 12.1 Å². The summed E-state index contributed by atoms with van der Waals surface area (Å²) >= 11 is 0. The molecule has 0 bridgehead atoms. The Morgan fingerprint density at radius 3 is 2.60 bits per heavy atom. The summed E-state index contributed by atoms with van der Waals surface area (Å²) in [5.41, 5.74) is 1.49. The van der Waals surface area contributed by atoms with Gasteiger partial charge in [-0.05, 0) is 25.0 Å². The van der Waals surface area contributed by atoms with E-state index in [1.807, 2.05) is 6.07 Å². The lowest BCUT2D eigenvalue weighted by atomic mass is 10.0. The average molecular weight is 358 g/mol. The molecule has 25 heavy (non-hydrogen) atoms. The van der Waals surface area contributed by atoms with Crippen LogP contribution in [-0.2, 0) is 16.4 Å². The first-order valence-electron chi connectivity index (χ1n) is 7.79. The molecule has 6 nitrogen and oxygen atoms in total. The fourth-order valence-electron chi connectivity index (χ4n) is 3.05. The predicted molar refractivity (Wildman–Crippen MR) is 93.6 cm³/mol. The molecule has 0 amide bonds. The molecule has 1 heterocycles. The van der Waals surface area contributed by atoms with Crippen LogP contribution in [0, 0.1) is 11.3 Å². The summed E-state index contributed by atoms with van der Waals surface area (Å²) in [5.74, 6) is 1.12. The van der Waals surface area contributed by atoms with Gasteiger partial charge in [-0.25, -0.2) is 8.42 Å². The number of hydrogen-bond acceptors (Lipinski definition) is 5. The molecular weight excluding hydrogens is 340 g/mol. The van der Waals surface area contributed by atoms with Crippen LogP contribution in [0.4, 0.5) is 5.69 Å². The number of benzene rings is 2. The molecule has 0 saturated carbocycles. The van der Waals surface area contributed by atoms with Crippen molar-refractivity contribution in [2.45, 2.75) is 17.7 Å². The maximum absolute atomic E-state index is 13.2. The van der Waals surface area contributed by atoms with Crippen molar-refractivity contribution in [2.24, 2.45) is 0 Å². The Morgan fingerprint density at radius 1 is 1.16 bits per heavy atom. The Balaban J connectivity index is 2.19. The summed E-state index contributed by atoms with van der Waals surface area (Å²) in [6.07, 6.45) is 1.39. The Hall–Kier alpha value is -2.72. The summed E-state index contributed by atoms with van der Waals surface area (Å²) in [6, 6.07) is 11.6. The number of nitrogens with zero attached hydrogens (tertiary/aromatic N) is 2. The third kappa shape index (κ3) is 2.89. The average Bonchev–Trinajstić information content (AvgIpc) is 2.66. The molecular formula is C18H18N2O4S. The normalized spacial score (nSPS) is 13.7. The molecule has 7 heteroatoms. The zero-order valence-electron chi connectivity index (χ0n) is 14.0. The highest BCUT2D eigenvalue weighted by atomic mass is 32.2. The highest BCUT2D eigenvalue weighted by molar-refractivity contribution is 7.93. The lowest BCUT2D eigenvalue weighted by molar-refractivity contribution is 0.390. The van der Waals surface area contributed by atoms with Crippen molar-refractivity contribution in [1.82, 2.24) is 0 Å². The van der Waals surface area contributed by atoms with E-state index in [2.05, 4.69) is 0 Å². The van der Waals surface area contributed by atoms with Crippen LogP contribution >= 0.6 is 0 Å². The molecule has 0 saturated heterocycles. The Kier molecular flexibility index (Phi) is 4.55. The SMILES string of the molecule is COc1cc(OC)c2c(c1)N(S(=O)(=O)c1ccccc1C#N)CCC2. The minimum Gasteiger partial charge on any atom is -0.497 e. The van der Waals surface area contributed by atoms with Crippen molar-refractivity contribution in [3.63, 3.8) is 0 Å². The summed E-state index contributed by atoms with van der Waals surface area (Å²) in [7, 11) is -0.798. The molecule has 0 fully saturated rings. The molecule has 2 aromatic rings. The lowest BCUT2D eigenvalue weighted by Crippen LogP contribution is -2.36. The fourth-order valence-corrected chi connectivity index (χ4v) is 4.72. The highest BCUT2D eigenvalue weighted by Crippen LogP contribution is 2.40. The number of anilines is 1. The number of nitriles is 1. The van der Waals surface area contributed by atoms with Crippen molar-refractivity contribution in [3.05, 3.63) is 47.5 Å². The monoisotopic (exact) mass is 358 g/mol. The Morgan fingerprint density at radius 2 is 1.92 bits per heavy atom. The van der Waals surface area contributed by atoms with E-state index >= 15 is 0 Å². The molecule has 0 spiro atoms. The van der Waals surface area contributed by atoms with Gasteiger partial charge in [-0.15, -0.1) is 0 Å². The van der Waals surface area contributed by atoms with Gasteiger partial charge in [-0.2, -0.15) is 5.26 Å². The molecule has 0 aliphatic carbocycles. The molecule has 130 valence electrons. The molecule has 2 aromatic carbocycles. The van der Waals surface area contributed by atoms with Crippen LogP contribution in [0.15, 0.2) is 41.3 Å². The highest BCUT2D eigenvalue weighted by Gasteiger charge is 2.32. The van der Waals surface area contributed by atoms with Crippen molar-refractivity contribution < 1.29 is 17.9 Å². The van der Waals surface area contributed by atoms with E-state index in [1.54, 1.807) is 31.4 Å². The summed E-state index contributed by atoms with van der Waals surface area (Å²) in [4.78, 5) is 0.00661. The van der Waals surface area contributed by atoms with Gasteiger partial charge >= 0.3 is 0 Å². The Bertz CT molecular complexity index is 948. The second-order valence-electron chi connectivity index (χ2n) is 5.62. The first kappa shape index (κ1) is 17.1. The van der Waals surface area contributed by atoms with Gasteiger partial charge in [0.2, 0.25) is 0 Å². The van der Waals surface area contributed by atoms with Crippen LogP contribution in [0.1, 0.15) is 17.5 Å². The molecule has 0 N–H and O–H groups in total. The van der Waals surface area contributed by atoms with E-state index in [9.17, 15) is 13.7 Å². The molecule has 0 unspecified atom stereocenters. The van der Waals surface area contributed by atoms with Crippen molar-refractivity contribution in [1.29, 1.82) is 5.26 Å². The summed E-state index contributed by atoms with van der Waals surface area (Å²) in [6.45, 7) is 0.339. The summed E-state index contributed by atoms with van der Waals surface area (Å²) in [5, 5.41) is 9.27. The van der Waals surface area contributed by atoms with Crippen molar-refractivity contribution in [2.75, 3.05) is 25.1 Å². The van der Waals surface area contributed by atoms with Crippen molar-refractivity contribution >= 4 is 15.7 Å². The minimum absolute atomic E-state index is 0.00661. The first-order chi connectivity index (χ1) is 12.0. The van der Waals surface area contributed by atoms with E-state index in [4.69, 9.17) is 9.47 Å². The molecule has 1 aliphatic heterocycles. The largest absolute Gasteiger partial charge is 0.497 e. The van der Waals surface area contributed by atoms with Gasteiger partial charge in [0.25, 0.3) is 10.0 Å². The van der Waals surface area contributed by atoms with Gasteiger partial charge in [0.15, 0.2) is 0 Å². The number of ether oxygens (including phenoxy) is 2. The topological polar surface area (TPSA) is 79.6 Å². The van der Waals surface area contributed by atoms with Crippen LogP contribution < -0.4 is 13.8 Å². The van der Waals surface area contributed by atoms with Crippen LogP contribution in [0.2, 0.25) is 0 Å². The van der Waals surface area contributed by atoms with Gasteiger partial charge in [0.1, 0.15) is 22.5 Å². The van der Waals surface area contributed by atoms with Crippen LogP contribution in [0.25, 0.3) is 0 Å². The molecule has 1 aliphatic rings. The maximum atomic E-state index is 13.2. The third-order valence-corrected chi connectivity index (χ3v) is 6.12. The van der Waals surface area contributed by atoms with E-state index in [0.29, 0.717) is 36.6 Å². The zero-order chi connectivity index (χ0) is 18.0.